The standard InChI is InChI=1S/C18H27N3O2S/c1-4-21(12-16(22)20-13(2)3)18(23)15-10-7-11-19-17(15)24-14-8-5-6-9-14/h7,10-11,13-14H,4-6,8-9,12H2,1-3H3,(H,20,22). The third-order valence-corrected chi connectivity index (χ3v) is 5.39. The highest BCUT2D eigenvalue weighted by atomic mass is 32.2. The van der Waals surface area contributed by atoms with Crippen LogP contribution in [0.3, 0.4) is 0 Å². The van der Waals surface area contributed by atoms with Crippen LogP contribution in [0, 0.1) is 0 Å². The Balaban J connectivity index is 2.10. The van der Waals surface area contributed by atoms with Crippen molar-refractivity contribution in [2.75, 3.05) is 13.1 Å². The van der Waals surface area contributed by atoms with Crippen molar-refractivity contribution >= 4 is 23.6 Å². The first-order chi connectivity index (χ1) is 11.5. The highest BCUT2D eigenvalue weighted by molar-refractivity contribution is 7.99. The van der Waals surface area contributed by atoms with Crippen molar-refractivity contribution in [1.29, 1.82) is 0 Å². The van der Waals surface area contributed by atoms with Gasteiger partial charge < -0.3 is 10.2 Å². The molecule has 1 aromatic heterocycles. The molecule has 1 aromatic rings. The minimum atomic E-state index is -0.130. The smallest absolute Gasteiger partial charge is 0.257 e. The summed E-state index contributed by atoms with van der Waals surface area (Å²) >= 11 is 1.70. The number of carbonyl (C=O) groups is 2. The monoisotopic (exact) mass is 349 g/mol. The molecule has 2 amide bonds. The van der Waals surface area contributed by atoms with Crippen molar-refractivity contribution in [2.24, 2.45) is 0 Å². The van der Waals surface area contributed by atoms with Crippen molar-refractivity contribution in [1.82, 2.24) is 15.2 Å². The summed E-state index contributed by atoms with van der Waals surface area (Å²) in [5, 5.41) is 4.17. The zero-order chi connectivity index (χ0) is 17.5. The summed E-state index contributed by atoms with van der Waals surface area (Å²) in [6.07, 6.45) is 6.61. The fourth-order valence-corrected chi connectivity index (χ4v) is 4.14. The van der Waals surface area contributed by atoms with Gasteiger partial charge in [-0.1, -0.05) is 12.8 Å². The molecule has 0 aliphatic heterocycles. The number of amides is 2. The van der Waals surface area contributed by atoms with E-state index in [1.165, 1.54) is 25.7 Å². The molecule has 6 heteroatoms. The van der Waals surface area contributed by atoms with Crippen molar-refractivity contribution < 1.29 is 9.59 Å². The number of aromatic nitrogens is 1. The van der Waals surface area contributed by atoms with E-state index < -0.39 is 0 Å². The van der Waals surface area contributed by atoms with Gasteiger partial charge in [-0.3, -0.25) is 9.59 Å². The summed E-state index contributed by atoms with van der Waals surface area (Å²) in [7, 11) is 0. The number of likely N-dealkylation sites (N-methyl/N-ethyl adjacent to an activating group) is 1. The molecule has 1 saturated carbocycles. The molecule has 5 nitrogen and oxygen atoms in total. The second-order valence-corrected chi connectivity index (χ2v) is 7.71. The molecular weight excluding hydrogens is 322 g/mol. The van der Waals surface area contributed by atoms with Crippen molar-refractivity contribution in [3.63, 3.8) is 0 Å². The van der Waals surface area contributed by atoms with Gasteiger partial charge >= 0.3 is 0 Å². The molecule has 2 rings (SSSR count). The van der Waals surface area contributed by atoms with Crippen LogP contribution in [0.2, 0.25) is 0 Å². The molecule has 0 aromatic carbocycles. The minimum absolute atomic E-state index is 0.0678. The van der Waals surface area contributed by atoms with Gasteiger partial charge in [0.15, 0.2) is 0 Å². The van der Waals surface area contributed by atoms with Crippen LogP contribution in [-0.4, -0.2) is 46.1 Å². The highest BCUT2D eigenvalue weighted by Gasteiger charge is 2.24. The molecule has 0 spiro atoms. The van der Waals surface area contributed by atoms with E-state index in [1.54, 1.807) is 28.9 Å². The first kappa shape index (κ1) is 18.8. The van der Waals surface area contributed by atoms with E-state index in [2.05, 4.69) is 10.3 Å². The Morgan fingerprint density at radius 1 is 1.38 bits per heavy atom. The van der Waals surface area contributed by atoms with Gasteiger partial charge in [0.1, 0.15) is 5.03 Å². The lowest BCUT2D eigenvalue weighted by molar-refractivity contribution is -0.122. The van der Waals surface area contributed by atoms with Crippen molar-refractivity contribution in [2.45, 2.75) is 62.8 Å². The summed E-state index contributed by atoms with van der Waals surface area (Å²) in [6.45, 7) is 6.28. The lowest BCUT2D eigenvalue weighted by atomic mass is 10.2. The molecule has 1 heterocycles. The molecule has 132 valence electrons. The van der Waals surface area contributed by atoms with Crippen LogP contribution in [0.4, 0.5) is 0 Å². The zero-order valence-corrected chi connectivity index (χ0v) is 15.6. The molecule has 0 unspecified atom stereocenters. The topological polar surface area (TPSA) is 62.3 Å². The maximum absolute atomic E-state index is 12.9. The Bertz CT molecular complexity index is 571. The van der Waals surface area contributed by atoms with Gasteiger partial charge in [0.05, 0.1) is 12.1 Å². The number of hydrogen-bond acceptors (Lipinski definition) is 4. The first-order valence-electron chi connectivity index (χ1n) is 8.71. The SMILES string of the molecule is CCN(CC(=O)NC(C)C)C(=O)c1cccnc1SC1CCCC1. The van der Waals surface area contributed by atoms with Crippen LogP contribution in [0.15, 0.2) is 23.4 Å². The molecule has 1 aliphatic rings. The third kappa shape index (κ3) is 5.23. The van der Waals surface area contributed by atoms with E-state index >= 15 is 0 Å². The molecule has 0 atom stereocenters. The maximum Gasteiger partial charge on any atom is 0.257 e. The molecule has 1 aliphatic carbocycles. The van der Waals surface area contributed by atoms with E-state index in [9.17, 15) is 9.59 Å². The van der Waals surface area contributed by atoms with Crippen LogP contribution >= 0.6 is 11.8 Å². The van der Waals surface area contributed by atoms with Crippen molar-refractivity contribution in [3.8, 4) is 0 Å². The minimum Gasteiger partial charge on any atom is -0.352 e. The lowest BCUT2D eigenvalue weighted by Gasteiger charge is -2.22. The molecule has 24 heavy (non-hydrogen) atoms. The van der Waals surface area contributed by atoms with E-state index in [1.807, 2.05) is 26.8 Å². The third-order valence-electron chi connectivity index (χ3n) is 4.04. The van der Waals surface area contributed by atoms with Gasteiger partial charge in [0.2, 0.25) is 5.91 Å². The van der Waals surface area contributed by atoms with Gasteiger partial charge in [-0.05, 0) is 45.7 Å². The average Bonchev–Trinajstić information content (AvgIpc) is 3.05. The first-order valence-corrected chi connectivity index (χ1v) is 9.59. The van der Waals surface area contributed by atoms with E-state index in [0.29, 0.717) is 17.4 Å². The molecule has 0 bridgehead atoms. The number of rotatable bonds is 7. The number of hydrogen-bond donors (Lipinski definition) is 1. The summed E-state index contributed by atoms with van der Waals surface area (Å²) in [6, 6.07) is 3.67. The normalized spacial score (nSPS) is 14.8. The Labute approximate surface area is 148 Å². The quantitative estimate of drug-likeness (QED) is 0.822. The fourth-order valence-electron chi connectivity index (χ4n) is 2.85. The zero-order valence-electron chi connectivity index (χ0n) is 14.7. The van der Waals surface area contributed by atoms with E-state index in [4.69, 9.17) is 0 Å². The lowest BCUT2D eigenvalue weighted by Crippen LogP contribution is -2.42. The highest BCUT2D eigenvalue weighted by Crippen LogP contribution is 2.35. The Morgan fingerprint density at radius 3 is 2.71 bits per heavy atom. The molecule has 0 radical (unpaired) electrons. The van der Waals surface area contributed by atoms with Crippen LogP contribution in [0.1, 0.15) is 56.8 Å². The molecule has 1 fully saturated rings. The second-order valence-electron chi connectivity index (χ2n) is 6.42. The summed E-state index contributed by atoms with van der Waals surface area (Å²) in [5.41, 5.74) is 0.605. The predicted molar refractivity (Wildman–Crippen MR) is 97.2 cm³/mol. The van der Waals surface area contributed by atoms with Gasteiger partial charge in [-0.2, -0.15) is 0 Å². The predicted octanol–water partition coefficient (Wildman–Crippen LogP) is 3.10. The molecule has 1 N–H and O–H groups in total. The Kier molecular flexibility index (Phi) is 7.09. The van der Waals surface area contributed by atoms with Gasteiger partial charge in [0, 0.05) is 24.0 Å². The fraction of sp³-hybridized carbons (Fsp3) is 0.611. The number of nitrogens with zero attached hydrogens (tertiary/aromatic N) is 2. The maximum atomic E-state index is 12.9. The van der Waals surface area contributed by atoms with Crippen molar-refractivity contribution in [3.05, 3.63) is 23.9 Å². The Morgan fingerprint density at radius 2 is 2.08 bits per heavy atom. The number of carbonyl (C=O) groups excluding carboxylic acids is 2. The Hall–Kier alpha value is -1.56. The van der Waals surface area contributed by atoms with Gasteiger partial charge in [-0.15, -0.1) is 11.8 Å². The van der Waals surface area contributed by atoms with E-state index in [-0.39, 0.29) is 24.4 Å². The summed E-state index contributed by atoms with van der Waals surface area (Å²) < 4.78 is 0. The average molecular weight is 350 g/mol. The van der Waals surface area contributed by atoms with E-state index in [0.717, 1.165) is 5.03 Å². The number of pyridine rings is 1. The molecular formula is C18H27N3O2S. The summed E-state index contributed by atoms with van der Waals surface area (Å²) in [5.74, 6) is -0.251. The largest absolute Gasteiger partial charge is 0.352 e. The van der Waals surface area contributed by atoms with Crippen LogP contribution < -0.4 is 5.32 Å². The van der Waals surface area contributed by atoms with Crippen LogP contribution in [-0.2, 0) is 4.79 Å². The van der Waals surface area contributed by atoms with Crippen LogP contribution in [0.5, 0.6) is 0 Å². The molecule has 0 saturated heterocycles. The number of thioether (sulfide) groups is 1. The second kappa shape index (κ2) is 9.06. The summed E-state index contributed by atoms with van der Waals surface area (Å²) in [4.78, 5) is 30.9. The van der Waals surface area contributed by atoms with Crippen LogP contribution in [0.25, 0.3) is 0 Å². The van der Waals surface area contributed by atoms with Gasteiger partial charge in [0.25, 0.3) is 5.91 Å². The number of nitrogens with one attached hydrogen (secondary N) is 1. The van der Waals surface area contributed by atoms with Gasteiger partial charge in [-0.25, -0.2) is 4.98 Å².